The van der Waals surface area contributed by atoms with Gasteiger partial charge in [-0.15, -0.1) is 0 Å². The Bertz CT molecular complexity index is 466. The van der Waals surface area contributed by atoms with Gasteiger partial charge in [0.15, 0.2) is 6.19 Å². The van der Waals surface area contributed by atoms with Crippen molar-refractivity contribution in [1.82, 2.24) is 0 Å². The van der Waals surface area contributed by atoms with E-state index >= 15 is 0 Å². The molecule has 1 aliphatic heterocycles. The summed E-state index contributed by atoms with van der Waals surface area (Å²) in [6.07, 6.45) is 1.89. The lowest BCUT2D eigenvalue weighted by molar-refractivity contribution is -0.116. The molecule has 0 bridgehead atoms. The van der Waals surface area contributed by atoms with Crippen LogP contribution in [0.4, 0.5) is 11.4 Å². The molecule has 1 heterocycles. The van der Waals surface area contributed by atoms with E-state index in [1.54, 1.807) is 6.07 Å². The number of nitrogens with zero attached hydrogens (tertiary/aromatic N) is 3. The number of amides is 1. The predicted molar refractivity (Wildman–Crippen MR) is 60.5 cm³/mol. The monoisotopic (exact) mass is 265 g/mol. The highest BCUT2D eigenvalue weighted by atomic mass is 79.9. The topological polar surface area (TPSA) is 47.3 Å². The van der Waals surface area contributed by atoms with Gasteiger partial charge in [0.1, 0.15) is 0 Å². The van der Waals surface area contributed by atoms with Gasteiger partial charge in [-0.3, -0.25) is 4.79 Å². The Hall–Kier alpha value is -1.54. The van der Waals surface area contributed by atoms with E-state index in [1.165, 1.54) is 0 Å². The van der Waals surface area contributed by atoms with Gasteiger partial charge >= 0.3 is 0 Å². The number of benzene rings is 1. The van der Waals surface area contributed by atoms with Crippen LogP contribution in [0.15, 0.2) is 22.7 Å². The highest BCUT2D eigenvalue weighted by Gasteiger charge is 2.27. The molecule has 0 saturated carbocycles. The van der Waals surface area contributed by atoms with Crippen LogP contribution in [0.1, 0.15) is 0 Å². The molecule has 2 rings (SSSR count). The van der Waals surface area contributed by atoms with Crippen LogP contribution < -0.4 is 9.80 Å². The molecule has 1 aromatic carbocycles. The average Bonchev–Trinajstić information content (AvgIpc) is 2.19. The number of likely N-dealkylation sites (N-methyl/N-ethyl adjacent to an activating group) is 1. The zero-order valence-electron chi connectivity index (χ0n) is 8.07. The zero-order chi connectivity index (χ0) is 11.0. The molecule has 0 radical (unpaired) electrons. The summed E-state index contributed by atoms with van der Waals surface area (Å²) < 4.78 is 0.931. The molecule has 1 aliphatic rings. The van der Waals surface area contributed by atoms with Gasteiger partial charge in [-0.1, -0.05) is 15.9 Å². The van der Waals surface area contributed by atoms with Crippen molar-refractivity contribution in [3.63, 3.8) is 0 Å². The summed E-state index contributed by atoms with van der Waals surface area (Å²) >= 11 is 3.36. The average molecular weight is 266 g/mol. The minimum atomic E-state index is -0.199. The van der Waals surface area contributed by atoms with E-state index in [9.17, 15) is 4.79 Å². The molecule has 0 aromatic heterocycles. The maximum Gasteiger partial charge on any atom is 0.259 e. The molecular weight excluding hydrogens is 258 g/mol. The number of rotatable bonds is 0. The Kier molecular flexibility index (Phi) is 2.37. The third-order valence-corrected chi connectivity index (χ3v) is 2.80. The SMILES string of the molecule is CN1CC(=O)N(C#N)c2ccc(Br)cc21. The van der Waals surface area contributed by atoms with Gasteiger partial charge in [0.25, 0.3) is 5.91 Å². The molecule has 0 aliphatic carbocycles. The number of halogens is 1. The van der Waals surface area contributed by atoms with Crippen LogP contribution in [0.3, 0.4) is 0 Å². The van der Waals surface area contributed by atoms with Crippen molar-refractivity contribution >= 4 is 33.2 Å². The minimum absolute atomic E-state index is 0.199. The second kappa shape index (κ2) is 3.55. The fraction of sp³-hybridized carbons (Fsp3) is 0.200. The number of carbonyl (C=O) groups excluding carboxylic acids is 1. The van der Waals surface area contributed by atoms with E-state index in [0.717, 1.165) is 15.1 Å². The van der Waals surface area contributed by atoms with E-state index in [-0.39, 0.29) is 12.5 Å². The summed E-state index contributed by atoms with van der Waals surface area (Å²) in [5.74, 6) is -0.199. The summed E-state index contributed by atoms with van der Waals surface area (Å²) in [5, 5.41) is 8.89. The van der Waals surface area contributed by atoms with Crippen LogP contribution in [-0.4, -0.2) is 19.5 Å². The van der Waals surface area contributed by atoms with Crippen molar-refractivity contribution in [2.24, 2.45) is 0 Å². The van der Waals surface area contributed by atoms with E-state index in [4.69, 9.17) is 5.26 Å². The smallest absolute Gasteiger partial charge is 0.259 e. The molecule has 0 spiro atoms. The first kappa shape index (κ1) is 9.99. The van der Waals surface area contributed by atoms with E-state index in [0.29, 0.717) is 5.69 Å². The van der Waals surface area contributed by atoms with Crippen LogP contribution in [0.5, 0.6) is 0 Å². The Labute approximate surface area is 95.8 Å². The number of nitriles is 1. The van der Waals surface area contributed by atoms with Crippen molar-refractivity contribution in [2.45, 2.75) is 0 Å². The number of hydrogen-bond acceptors (Lipinski definition) is 3. The number of hydrogen-bond donors (Lipinski definition) is 0. The molecule has 76 valence electrons. The summed E-state index contributed by atoms with van der Waals surface area (Å²) in [6, 6.07) is 5.47. The zero-order valence-corrected chi connectivity index (χ0v) is 9.65. The molecule has 15 heavy (non-hydrogen) atoms. The van der Waals surface area contributed by atoms with Gasteiger partial charge < -0.3 is 4.90 Å². The number of fused-ring (bicyclic) bond motifs is 1. The normalized spacial score (nSPS) is 14.9. The fourth-order valence-corrected chi connectivity index (χ4v) is 1.94. The number of carbonyl (C=O) groups is 1. The summed E-state index contributed by atoms with van der Waals surface area (Å²) in [5.41, 5.74) is 1.52. The molecule has 5 heteroatoms. The summed E-state index contributed by atoms with van der Waals surface area (Å²) in [6.45, 7) is 0.233. The first-order valence-corrected chi connectivity index (χ1v) is 5.16. The molecule has 0 atom stereocenters. The molecule has 1 aromatic rings. The second-order valence-electron chi connectivity index (χ2n) is 3.32. The van der Waals surface area contributed by atoms with Gasteiger partial charge in [0.05, 0.1) is 17.9 Å². The first-order chi connectivity index (χ1) is 7.13. The van der Waals surface area contributed by atoms with Crippen molar-refractivity contribution in [3.8, 4) is 6.19 Å². The largest absolute Gasteiger partial charge is 0.363 e. The van der Waals surface area contributed by atoms with Crippen LogP contribution >= 0.6 is 15.9 Å². The third-order valence-electron chi connectivity index (χ3n) is 2.31. The van der Waals surface area contributed by atoms with Crippen molar-refractivity contribution in [1.29, 1.82) is 5.26 Å². The molecule has 0 saturated heterocycles. The Balaban J connectivity index is 2.59. The number of anilines is 2. The lowest BCUT2D eigenvalue weighted by atomic mass is 10.2. The molecule has 4 nitrogen and oxygen atoms in total. The van der Waals surface area contributed by atoms with Crippen molar-refractivity contribution in [3.05, 3.63) is 22.7 Å². The van der Waals surface area contributed by atoms with Crippen LogP contribution in [0.25, 0.3) is 0 Å². The Morgan fingerprint density at radius 2 is 2.20 bits per heavy atom. The maximum atomic E-state index is 11.5. The summed E-state index contributed by atoms with van der Waals surface area (Å²) in [4.78, 5) is 14.5. The highest BCUT2D eigenvalue weighted by molar-refractivity contribution is 9.10. The van der Waals surface area contributed by atoms with E-state index in [1.807, 2.05) is 30.3 Å². The van der Waals surface area contributed by atoms with Crippen molar-refractivity contribution < 1.29 is 4.79 Å². The lowest BCUT2D eigenvalue weighted by Gasteiger charge is -2.30. The quantitative estimate of drug-likeness (QED) is 0.671. The first-order valence-electron chi connectivity index (χ1n) is 4.37. The van der Waals surface area contributed by atoms with E-state index in [2.05, 4.69) is 15.9 Å². The van der Waals surface area contributed by atoms with Crippen molar-refractivity contribution in [2.75, 3.05) is 23.4 Å². The van der Waals surface area contributed by atoms with Gasteiger partial charge in [0.2, 0.25) is 0 Å². The van der Waals surface area contributed by atoms with Crippen LogP contribution in [0.2, 0.25) is 0 Å². The fourth-order valence-electron chi connectivity index (χ4n) is 1.59. The molecule has 0 fully saturated rings. The highest BCUT2D eigenvalue weighted by Crippen LogP contribution is 2.34. The molecule has 1 amide bonds. The lowest BCUT2D eigenvalue weighted by Crippen LogP contribution is -2.41. The third kappa shape index (κ3) is 1.57. The van der Waals surface area contributed by atoms with Crippen LogP contribution in [-0.2, 0) is 4.79 Å². The minimum Gasteiger partial charge on any atom is -0.363 e. The molecule has 0 unspecified atom stereocenters. The Morgan fingerprint density at radius 1 is 1.47 bits per heavy atom. The van der Waals surface area contributed by atoms with Gasteiger partial charge in [-0.05, 0) is 18.2 Å². The standard InChI is InChI=1S/C10H8BrN3O/c1-13-5-10(15)14(6-12)8-3-2-7(11)4-9(8)13/h2-4H,5H2,1H3. The van der Waals surface area contributed by atoms with Gasteiger partial charge in [0, 0.05) is 11.5 Å². The van der Waals surface area contributed by atoms with Crippen LogP contribution in [0, 0.1) is 11.5 Å². The summed E-state index contributed by atoms with van der Waals surface area (Å²) in [7, 11) is 1.83. The second-order valence-corrected chi connectivity index (χ2v) is 4.23. The molecule has 0 N–H and O–H groups in total. The maximum absolute atomic E-state index is 11.5. The van der Waals surface area contributed by atoms with Gasteiger partial charge in [-0.2, -0.15) is 5.26 Å². The van der Waals surface area contributed by atoms with E-state index < -0.39 is 0 Å². The molecular formula is C10H8BrN3O. The van der Waals surface area contributed by atoms with Gasteiger partial charge in [-0.25, -0.2) is 4.90 Å². The Morgan fingerprint density at radius 3 is 2.87 bits per heavy atom. The predicted octanol–water partition coefficient (Wildman–Crippen LogP) is 1.71.